The van der Waals surface area contributed by atoms with Gasteiger partial charge in [0.15, 0.2) is 0 Å². The highest BCUT2D eigenvalue weighted by atomic mass is 35.5. The van der Waals surface area contributed by atoms with E-state index in [0.29, 0.717) is 27.4 Å². The fourth-order valence-electron chi connectivity index (χ4n) is 1.80. The number of benzene rings is 2. The lowest BCUT2D eigenvalue weighted by Crippen LogP contribution is -2.21. The predicted molar refractivity (Wildman–Crippen MR) is 87.3 cm³/mol. The highest BCUT2D eigenvalue weighted by molar-refractivity contribution is 6.30. The van der Waals surface area contributed by atoms with Gasteiger partial charge in [-0.1, -0.05) is 35.0 Å². The number of nitrogens with one attached hydrogen (secondary N) is 1. The van der Waals surface area contributed by atoms with E-state index >= 15 is 0 Å². The van der Waals surface area contributed by atoms with Crippen LogP contribution in [0.1, 0.15) is 21.5 Å². The molecule has 0 unspecified atom stereocenters. The summed E-state index contributed by atoms with van der Waals surface area (Å²) in [6.07, 6.45) is 0. The first kappa shape index (κ1) is 16.3. The van der Waals surface area contributed by atoms with Crippen molar-refractivity contribution < 1.29 is 4.79 Å². The Bertz CT molecular complexity index is 794. The third-order valence-corrected chi connectivity index (χ3v) is 3.18. The third-order valence-electron chi connectivity index (χ3n) is 2.94. The van der Waals surface area contributed by atoms with Gasteiger partial charge < -0.3 is 0 Å². The number of hydrazone groups is 1. The highest BCUT2D eigenvalue weighted by Gasteiger charge is 2.08. The Morgan fingerprint density at radius 1 is 1.17 bits per heavy atom. The minimum absolute atomic E-state index is 0.207. The lowest BCUT2D eigenvalue weighted by molar-refractivity contribution is 0.0955. The number of carbonyl (C=O) groups is 1. The van der Waals surface area contributed by atoms with Crippen LogP contribution in [0.2, 0.25) is 5.02 Å². The van der Waals surface area contributed by atoms with Crippen LogP contribution in [-0.4, -0.2) is 18.2 Å². The van der Waals surface area contributed by atoms with Crippen molar-refractivity contribution in [2.75, 3.05) is 6.54 Å². The molecule has 1 N–H and O–H groups in total. The molecule has 0 saturated carbocycles. The van der Waals surface area contributed by atoms with Gasteiger partial charge in [-0.25, -0.2) is 5.43 Å². The Labute approximate surface area is 137 Å². The van der Waals surface area contributed by atoms with Gasteiger partial charge in [0.2, 0.25) is 0 Å². The Morgan fingerprint density at radius 3 is 2.52 bits per heavy atom. The maximum Gasteiger partial charge on any atom is 0.271 e. The standard InChI is InChI=1S/C16H11ClN4O2/c17-14-3-1-2-13(8-14)16(22)21-20-15(10-19-23)12-6-4-11(9-18)5-7-12/h1-8H,10H2,(H,21,22). The Morgan fingerprint density at radius 2 is 1.91 bits per heavy atom. The van der Waals surface area contributed by atoms with Crippen LogP contribution in [0.5, 0.6) is 0 Å². The zero-order chi connectivity index (χ0) is 16.7. The second kappa shape index (κ2) is 7.82. The molecule has 0 aliphatic heterocycles. The van der Waals surface area contributed by atoms with Gasteiger partial charge in [-0.05, 0) is 35.9 Å². The van der Waals surface area contributed by atoms with Crippen molar-refractivity contribution in [3.63, 3.8) is 0 Å². The number of amides is 1. The molecule has 23 heavy (non-hydrogen) atoms. The molecule has 2 aromatic carbocycles. The van der Waals surface area contributed by atoms with Crippen LogP contribution in [0, 0.1) is 16.2 Å². The Kier molecular flexibility index (Phi) is 5.56. The number of nitriles is 1. The molecule has 0 fully saturated rings. The first-order valence-electron chi connectivity index (χ1n) is 6.56. The van der Waals surface area contributed by atoms with Crippen molar-refractivity contribution in [2.24, 2.45) is 10.3 Å². The van der Waals surface area contributed by atoms with Crippen molar-refractivity contribution in [1.29, 1.82) is 5.26 Å². The fourth-order valence-corrected chi connectivity index (χ4v) is 1.99. The quantitative estimate of drug-likeness (QED) is 0.519. The molecule has 2 aromatic rings. The number of nitrogens with zero attached hydrogens (tertiary/aromatic N) is 3. The van der Waals surface area contributed by atoms with E-state index in [9.17, 15) is 9.70 Å². The number of hydrogen-bond acceptors (Lipinski definition) is 5. The molecule has 0 heterocycles. The molecule has 0 aliphatic rings. The summed E-state index contributed by atoms with van der Waals surface area (Å²) >= 11 is 5.83. The van der Waals surface area contributed by atoms with E-state index in [4.69, 9.17) is 16.9 Å². The number of nitroso groups, excluding NO2 is 1. The molecule has 0 radical (unpaired) electrons. The van der Waals surface area contributed by atoms with Gasteiger partial charge in [-0.3, -0.25) is 4.79 Å². The molecule has 0 bridgehead atoms. The van der Waals surface area contributed by atoms with E-state index in [-0.39, 0.29) is 6.54 Å². The number of rotatable bonds is 5. The van der Waals surface area contributed by atoms with E-state index < -0.39 is 5.91 Å². The fraction of sp³-hybridized carbons (Fsp3) is 0.0625. The van der Waals surface area contributed by atoms with Crippen LogP contribution in [-0.2, 0) is 0 Å². The first-order chi connectivity index (χ1) is 11.1. The average Bonchev–Trinajstić information content (AvgIpc) is 2.58. The zero-order valence-corrected chi connectivity index (χ0v) is 12.6. The van der Waals surface area contributed by atoms with Gasteiger partial charge in [-0.2, -0.15) is 15.3 Å². The SMILES string of the molecule is N#Cc1ccc(C(CN=O)=NNC(=O)c2cccc(Cl)c2)cc1. The smallest absolute Gasteiger partial charge is 0.267 e. The van der Waals surface area contributed by atoms with Crippen LogP contribution in [0.4, 0.5) is 0 Å². The van der Waals surface area contributed by atoms with Crippen LogP contribution in [0.3, 0.4) is 0 Å². The van der Waals surface area contributed by atoms with Crippen LogP contribution >= 0.6 is 11.6 Å². The summed E-state index contributed by atoms with van der Waals surface area (Å²) in [5.74, 6) is -0.454. The average molecular weight is 327 g/mol. The summed E-state index contributed by atoms with van der Waals surface area (Å²) in [6, 6.07) is 14.8. The molecule has 0 saturated heterocycles. The molecular formula is C16H11ClN4O2. The zero-order valence-electron chi connectivity index (χ0n) is 11.9. The Hall–Kier alpha value is -3.04. The van der Waals surface area contributed by atoms with Gasteiger partial charge in [0.05, 0.1) is 17.3 Å². The van der Waals surface area contributed by atoms with E-state index in [1.807, 2.05) is 6.07 Å². The highest BCUT2D eigenvalue weighted by Crippen LogP contribution is 2.10. The second-order valence-corrected chi connectivity index (χ2v) is 4.92. The maximum absolute atomic E-state index is 12.0. The summed E-state index contributed by atoms with van der Waals surface area (Å²) in [5.41, 5.74) is 4.08. The summed E-state index contributed by atoms with van der Waals surface area (Å²) in [6.45, 7) is -0.207. The largest absolute Gasteiger partial charge is 0.271 e. The molecule has 114 valence electrons. The molecular weight excluding hydrogens is 316 g/mol. The van der Waals surface area contributed by atoms with Gasteiger partial charge in [0.1, 0.15) is 6.54 Å². The number of hydrogen-bond donors (Lipinski definition) is 1. The van der Waals surface area contributed by atoms with E-state index in [2.05, 4.69) is 15.7 Å². The van der Waals surface area contributed by atoms with Gasteiger partial charge in [0, 0.05) is 10.6 Å². The molecule has 7 heteroatoms. The van der Waals surface area contributed by atoms with Crippen LogP contribution in [0.25, 0.3) is 0 Å². The molecule has 0 aliphatic carbocycles. The van der Waals surface area contributed by atoms with Crippen molar-refractivity contribution >= 4 is 23.2 Å². The van der Waals surface area contributed by atoms with Crippen molar-refractivity contribution in [3.8, 4) is 6.07 Å². The van der Waals surface area contributed by atoms with Crippen LogP contribution in [0.15, 0.2) is 58.8 Å². The molecule has 0 atom stereocenters. The van der Waals surface area contributed by atoms with Crippen molar-refractivity contribution in [3.05, 3.63) is 75.2 Å². The summed E-state index contributed by atoms with van der Waals surface area (Å²) in [7, 11) is 0. The summed E-state index contributed by atoms with van der Waals surface area (Å²) in [4.78, 5) is 22.6. The topological polar surface area (TPSA) is 94.7 Å². The first-order valence-corrected chi connectivity index (χ1v) is 6.94. The lowest BCUT2D eigenvalue weighted by atomic mass is 10.1. The number of carbonyl (C=O) groups excluding carboxylic acids is 1. The molecule has 0 spiro atoms. The molecule has 1 amide bonds. The van der Waals surface area contributed by atoms with E-state index in [1.54, 1.807) is 42.5 Å². The minimum Gasteiger partial charge on any atom is -0.267 e. The van der Waals surface area contributed by atoms with Gasteiger partial charge in [-0.15, -0.1) is 0 Å². The van der Waals surface area contributed by atoms with Crippen LogP contribution < -0.4 is 5.43 Å². The molecule has 6 nitrogen and oxygen atoms in total. The van der Waals surface area contributed by atoms with E-state index in [1.165, 1.54) is 6.07 Å². The number of halogens is 1. The monoisotopic (exact) mass is 326 g/mol. The van der Waals surface area contributed by atoms with Gasteiger partial charge in [0.25, 0.3) is 5.91 Å². The van der Waals surface area contributed by atoms with E-state index in [0.717, 1.165) is 0 Å². The second-order valence-electron chi connectivity index (χ2n) is 4.49. The minimum atomic E-state index is -0.454. The molecule has 0 aromatic heterocycles. The third kappa shape index (κ3) is 4.46. The normalized spacial score (nSPS) is 10.7. The molecule has 2 rings (SSSR count). The van der Waals surface area contributed by atoms with Crippen molar-refractivity contribution in [2.45, 2.75) is 0 Å². The van der Waals surface area contributed by atoms with Crippen molar-refractivity contribution in [1.82, 2.24) is 5.43 Å². The summed E-state index contributed by atoms with van der Waals surface area (Å²) in [5, 5.41) is 16.0. The summed E-state index contributed by atoms with van der Waals surface area (Å²) < 4.78 is 0. The Balaban J connectivity index is 2.19. The maximum atomic E-state index is 12.0. The lowest BCUT2D eigenvalue weighted by Gasteiger charge is -2.05. The van der Waals surface area contributed by atoms with Gasteiger partial charge >= 0.3 is 0 Å². The predicted octanol–water partition coefficient (Wildman–Crippen LogP) is 3.11.